The monoisotopic (exact) mass is 371 g/mol. The molecule has 2 heterocycles. The molecule has 130 valence electrons. The predicted molar refractivity (Wildman–Crippen MR) is 94.5 cm³/mol. The molecule has 0 bridgehead atoms. The highest BCUT2D eigenvalue weighted by molar-refractivity contribution is 7.85. The molecule has 0 saturated heterocycles. The number of benzene rings is 1. The van der Waals surface area contributed by atoms with Crippen LogP contribution in [0.4, 0.5) is 5.82 Å². The smallest absolute Gasteiger partial charge is 0.261 e. The third-order valence-electron chi connectivity index (χ3n) is 3.07. The van der Waals surface area contributed by atoms with Crippen LogP contribution in [0, 0.1) is 0 Å². The lowest BCUT2D eigenvalue weighted by Crippen LogP contribution is -2.13. The van der Waals surface area contributed by atoms with Crippen molar-refractivity contribution in [2.45, 2.75) is 13.3 Å². The summed E-state index contributed by atoms with van der Waals surface area (Å²) in [7, 11) is 0.220. The van der Waals surface area contributed by atoms with Gasteiger partial charge in [-0.05, 0) is 18.2 Å². The summed E-state index contributed by atoms with van der Waals surface area (Å²) in [6.07, 6.45) is 1.53. The van der Waals surface area contributed by atoms with Crippen LogP contribution in [0.1, 0.15) is 12.7 Å². The highest BCUT2D eigenvalue weighted by atomic mass is 35.5. The fourth-order valence-corrected chi connectivity index (χ4v) is 2.35. The van der Waals surface area contributed by atoms with Crippen LogP contribution in [0.15, 0.2) is 18.2 Å². The number of aryl methyl sites for hydroxylation is 1. The van der Waals surface area contributed by atoms with E-state index in [9.17, 15) is 8.42 Å². The van der Waals surface area contributed by atoms with Gasteiger partial charge >= 0.3 is 0 Å². The summed E-state index contributed by atoms with van der Waals surface area (Å²) >= 11 is 6.06. The summed E-state index contributed by atoms with van der Waals surface area (Å²) in [6, 6.07) is 5.68. The van der Waals surface area contributed by atoms with Crippen molar-refractivity contribution in [2.75, 3.05) is 25.3 Å². The van der Waals surface area contributed by atoms with Gasteiger partial charge in [0, 0.05) is 25.5 Å². The Morgan fingerprint density at radius 2 is 1.92 bits per heavy atom. The van der Waals surface area contributed by atoms with Crippen LogP contribution in [0.2, 0.25) is 5.02 Å². The molecule has 0 unspecified atom stereocenters. The minimum atomic E-state index is -3.67. The zero-order chi connectivity index (χ0) is 18.1. The van der Waals surface area contributed by atoms with E-state index in [0.29, 0.717) is 11.3 Å². The van der Waals surface area contributed by atoms with E-state index >= 15 is 0 Å². The number of nitrogens with zero attached hydrogens (tertiary/aromatic N) is 5. The van der Waals surface area contributed by atoms with Crippen molar-refractivity contribution in [3.63, 3.8) is 0 Å². The van der Waals surface area contributed by atoms with Crippen molar-refractivity contribution in [1.82, 2.24) is 19.6 Å². The standard InChI is InChI=1S/C13H14ClN5.CH4O3S/c1-4-11-16-17-13-12(18(2)3)15-9-7-8(14)5-6-10(9)19(11)13;1-5(2,3)4/h5-7H,4H2,1-3H3;1H3,(H,2,3,4). The quantitative estimate of drug-likeness (QED) is 0.688. The molecule has 0 fully saturated rings. The number of aromatic nitrogens is 4. The highest BCUT2D eigenvalue weighted by Gasteiger charge is 2.15. The first-order chi connectivity index (χ1) is 11.1. The topological polar surface area (TPSA) is 101 Å². The average molecular weight is 372 g/mol. The fraction of sp³-hybridized carbons (Fsp3) is 0.357. The van der Waals surface area contributed by atoms with E-state index in [-0.39, 0.29) is 0 Å². The maximum Gasteiger partial charge on any atom is 0.261 e. The van der Waals surface area contributed by atoms with Gasteiger partial charge < -0.3 is 4.90 Å². The molecule has 10 heteroatoms. The number of rotatable bonds is 2. The molecule has 0 aliphatic rings. The molecule has 24 heavy (non-hydrogen) atoms. The number of halogens is 1. The van der Waals surface area contributed by atoms with Crippen molar-refractivity contribution >= 4 is 44.2 Å². The summed E-state index contributed by atoms with van der Waals surface area (Å²) in [5.41, 5.74) is 2.60. The van der Waals surface area contributed by atoms with Crippen molar-refractivity contribution in [1.29, 1.82) is 0 Å². The maximum absolute atomic E-state index is 9.19. The second kappa shape index (κ2) is 6.88. The lowest BCUT2D eigenvalue weighted by atomic mass is 10.3. The van der Waals surface area contributed by atoms with E-state index in [1.165, 1.54) is 0 Å². The Hall–Kier alpha value is -1.97. The Balaban J connectivity index is 0.000000368. The minimum Gasteiger partial charge on any atom is -0.360 e. The predicted octanol–water partition coefficient (Wildman–Crippen LogP) is 2.06. The zero-order valence-electron chi connectivity index (χ0n) is 13.7. The van der Waals surface area contributed by atoms with Crippen LogP contribution in [-0.4, -0.2) is 52.9 Å². The Labute approximate surface area is 144 Å². The van der Waals surface area contributed by atoms with Crippen LogP contribution in [0.3, 0.4) is 0 Å². The van der Waals surface area contributed by atoms with Crippen LogP contribution in [0.5, 0.6) is 0 Å². The van der Waals surface area contributed by atoms with Gasteiger partial charge in [-0.3, -0.25) is 8.95 Å². The first-order valence-electron chi connectivity index (χ1n) is 7.05. The van der Waals surface area contributed by atoms with E-state index in [2.05, 4.69) is 22.1 Å². The minimum absolute atomic E-state index is 0.676. The van der Waals surface area contributed by atoms with E-state index in [1.807, 2.05) is 41.6 Å². The molecular weight excluding hydrogens is 354 g/mol. The molecule has 8 nitrogen and oxygen atoms in total. The van der Waals surface area contributed by atoms with Gasteiger partial charge in [0.2, 0.25) is 5.65 Å². The lowest BCUT2D eigenvalue weighted by Gasteiger charge is -2.14. The van der Waals surface area contributed by atoms with Crippen LogP contribution in [-0.2, 0) is 16.5 Å². The van der Waals surface area contributed by atoms with Crippen LogP contribution in [0.25, 0.3) is 16.7 Å². The summed E-state index contributed by atoms with van der Waals surface area (Å²) in [4.78, 5) is 6.56. The third kappa shape index (κ3) is 4.11. The third-order valence-corrected chi connectivity index (χ3v) is 3.31. The van der Waals surface area contributed by atoms with Gasteiger partial charge in [0.1, 0.15) is 5.82 Å². The molecule has 0 aliphatic heterocycles. The molecule has 0 spiro atoms. The number of hydrogen-bond donors (Lipinski definition) is 1. The van der Waals surface area contributed by atoms with Crippen molar-refractivity contribution in [3.8, 4) is 0 Å². The fourth-order valence-electron chi connectivity index (χ4n) is 2.18. The van der Waals surface area contributed by atoms with Gasteiger partial charge in [-0.25, -0.2) is 4.98 Å². The first-order valence-corrected chi connectivity index (χ1v) is 9.27. The second-order valence-electron chi connectivity index (χ2n) is 5.32. The molecule has 3 aromatic rings. The summed E-state index contributed by atoms with van der Waals surface area (Å²) < 4.78 is 27.9. The molecule has 0 aliphatic carbocycles. The van der Waals surface area contributed by atoms with E-state index in [1.54, 1.807) is 0 Å². The molecule has 3 rings (SSSR count). The molecule has 0 saturated carbocycles. The molecule has 2 aromatic heterocycles. The van der Waals surface area contributed by atoms with Crippen molar-refractivity contribution in [3.05, 3.63) is 29.0 Å². The van der Waals surface area contributed by atoms with Gasteiger partial charge in [-0.15, -0.1) is 10.2 Å². The summed E-state index contributed by atoms with van der Waals surface area (Å²) in [6.45, 7) is 2.06. The van der Waals surface area contributed by atoms with E-state index < -0.39 is 10.1 Å². The Morgan fingerprint density at radius 1 is 1.29 bits per heavy atom. The lowest BCUT2D eigenvalue weighted by molar-refractivity contribution is 0.490. The highest BCUT2D eigenvalue weighted by Crippen LogP contribution is 2.25. The molecule has 0 amide bonds. The SMILES string of the molecule is CCc1nnc2c(N(C)C)nc3cc(Cl)ccc3n12.CS(=O)(=O)O. The zero-order valence-corrected chi connectivity index (χ0v) is 15.3. The number of anilines is 1. The van der Waals surface area contributed by atoms with Crippen LogP contribution >= 0.6 is 11.6 Å². The molecule has 0 radical (unpaired) electrons. The van der Waals surface area contributed by atoms with Crippen molar-refractivity contribution < 1.29 is 13.0 Å². The summed E-state index contributed by atoms with van der Waals surface area (Å²) in [5.74, 6) is 1.72. The molecule has 1 aromatic carbocycles. The largest absolute Gasteiger partial charge is 0.360 e. The number of hydrogen-bond acceptors (Lipinski definition) is 6. The Bertz CT molecular complexity index is 977. The Kier molecular flexibility index (Phi) is 5.26. The van der Waals surface area contributed by atoms with Crippen LogP contribution < -0.4 is 4.90 Å². The first kappa shape index (κ1) is 18.4. The average Bonchev–Trinajstić information content (AvgIpc) is 2.88. The van der Waals surface area contributed by atoms with E-state index in [4.69, 9.17) is 16.2 Å². The number of fused-ring (bicyclic) bond motifs is 3. The summed E-state index contributed by atoms with van der Waals surface area (Å²) in [5, 5.41) is 9.18. The second-order valence-corrected chi connectivity index (χ2v) is 7.23. The molecule has 1 N–H and O–H groups in total. The van der Waals surface area contributed by atoms with E-state index in [0.717, 1.165) is 34.7 Å². The van der Waals surface area contributed by atoms with Gasteiger partial charge in [0.15, 0.2) is 5.82 Å². The molecular formula is C14H18ClN5O3S. The van der Waals surface area contributed by atoms with Gasteiger partial charge in [0.25, 0.3) is 10.1 Å². The molecule has 0 atom stereocenters. The Morgan fingerprint density at radius 3 is 2.46 bits per heavy atom. The van der Waals surface area contributed by atoms with Gasteiger partial charge in [-0.1, -0.05) is 18.5 Å². The maximum atomic E-state index is 9.19. The van der Waals surface area contributed by atoms with Crippen molar-refractivity contribution in [2.24, 2.45) is 0 Å². The normalized spacial score (nSPS) is 11.4. The van der Waals surface area contributed by atoms with Gasteiger partial charge in [-0.2, -0.15) is 8.42 Å². The van der Waals surface area contributed by atoms with Gasteiger partial charge in [0.05, 0.1) is 17.3 Å².